The van der Waals surface area contributed by atoms with Crippen LogP contribution in [0, 0.1) is 13.8 Å². The zero-order valence-electron chi connectivity index (χ0n) is 18.5. The smallest absolute Gasteiger partial charge is 0.349 e. The molecule has 0 aliphatic carbocycles. The molecule has 1 N–H and O–H groups in total. The lowest BCUT2D eigenvalue weighted by Crippen LogP contribution is -2.34. The number of esters is 1. The average Bonchev–Trinajstić information content (AvgIpc) is 3.28. The fraction of sp³-hybridized carbons (Fsp3) is 0.320. The van der Waals surface area contributed by atoms with E-state index in [1.807, 2.05) is 32.0 Å². The molecule has 33 heavy (non-hydrogen) atoms. The van der Waals surface area contributed by atoms with Gasteiger partial charge in [0.05, 0.1) is 6.10 Å². The van der Waals surface area contributed by atoms with Crippen molar-refractivity contribution in [1.82, 2.24) is 5.32 Å². The molecule has 1 fully saturated rings. The molecule has 1 saturated heterocycles. The van der Waals surface area contributed by atoms with E-state index in [1.165, 1.54) is 12.1 Å². The van der Waals surface area contributed by atoms with E-state index in [1.54, 1.807) is 12.1 Å². The van der Waals surface area contributed by atoms with Gasteiger partial charge in [-0.15, -0.1) is 0 Å². The summed E-state index contributed by atoms with van der Waals surface area (Å²) < 4.78 is 21.6. The highest BCUT2D eigenvalue weighted by atomic mass is 16.6. The number of rotatable bonds is 7. The Balaban J connectivity index is 1.40. The Hall–Kier alpha value is -3.65. The van der Waals surface area contributed by atoms with Crippen molar-refractivity contribution in [3.05, 3.63) is 69.6 Å². The maximum Gasteiger partial charge on any atom is 0.349 e. The topological polar surface area (TPSA) is 104 Å². The van der Waals surface area contributed by atoms with E-state index in [-0.39, 0.29) is 29.6 Å². The zero-order valence-corrected chi connectivity index (χ0v) is 18.5. The first-order valence-corrected chi connectivity index (χ1v) is 10.8. The lowest BCUT2D eigenvalue weighted by molar-refractivity contribution is -0.136. The van der Waals surface area contributed by atoms with Gasteiger partial charge < -0.3 is 23.9 Å². The predicted molar refractivity (Wildman–Crippen MR) is 121 cm³/mol. The number of hydrogen-bond acceptors (Lipinski definition) is 7. The maximum atomic E-state index is 12.4. The van der Waals surface area contributed by atoms with Crippen molar-refractivity contribution in [3.63, 3.8) is 0 Å². The fourth-order valence-corrected chi connectivity index (χ4v) is 3.74. The normalized spacial score (nSPS) is 15.4. The Morgan fingerprint density at radius 1 is 1.06 bits per heavy atom. The molecule has 1 aliphatic heterocycles. The number of nitrogens with one attached hydrogen (secondary N) is 1. The lowest BCUT2D eigenvalue weighted by Gasteiger charge is -2.11. The van der Waals surface area contributed by atoms with Gasteiger partial charge in [0.25, 0.3) is 5.91 Å². The highest BCUT2D eigenvalue weighted by Crippen LogP contribution is 2.21. The van der Waals surface area contributed by atoms with E-state index >= 15 is 0 Å². The monoisotopic (exact) mass is 451 g/mol. The average molecular weight is 451 g/mol. The minimum absolute atomic E-state index is 0.0300. The van der Waals surface area contributed by atoms with Crippen LogP contribution in [0.5, 0.6) is 11.5 Å². The van der Waals surface area contributed by atoms with Gasteiger partial charge in [-0.3, -0.25) is 4.79 Å². The molecule has 1 aliphatic rings. The Labute approximate surface area is 190 Å². The van der Waals surface area contributed by atoms with E-state index in [0.717, 1.165) is 24.0 Å². The largest absolute Gasteiger partial charge is 0.482 e. The van der Waals surface area contributed by atoms with E-state index in [2.05, 4.69) is 5.32 Å². The summed E-state index contributed by atoms with van der Waals surface area (Å²) in [4.78, 5) is 36.9. The van der Waals surface area contributed by atoms with Crippen LogP contribution in [0.15, 0.2) is 51.7 Å². The van der Waals surface area contributed by atoms with Gasteiger partial charge in [0.15, 0.2) is 6.61 Å². The molecule has 0 bridgehead atoms. The maximum absolute atomic E-state index is 12.4. The number of aryl methyl sites for hydroxylation is 2. The first-order chi connectivity index (χ1) is 15.9. The van der Waals surface area contributed by atoms with E-state index in [0.29, 0.717) is 24.3 Å². The minimum atomic E-state index is -0.769. The SMILES string of the molecule is Cc1cc(C)cc(OCC(=O)Oc2ccc3cc(C(=O)NCC4CCCO4)c(=O)oc3c2)c1. The summed E-state index contributed by atoms with van der Waals surface area (Å²) >= 11 is 0. The number of benzene rings is 2. The van der Waals surface area contributed by atoms with Crippen molar-refractivity contribution in [2.45, 2.75) is 32.8 Å². The Kier molecular flexibility index (Phi) is 6.74. The quantitative estimate of drug-likeness (QED) is 0.334. The molecular formula is C25H25NO7. The predicted octanol–water partition coefficient (Wildman–Crippen LogP) is 3.30. The summed E-state index contributed by atoms with van der Waals surface area (Å²) in [6, 6.07) is 11.7. The molecule has 2 aromatic carbocycles. The van der Waals surface area contributed by atoms with E-state index < -0.39 is 17.5 Å². The third kappa shape index (κ3) is 5.78. The standard InChI is InChI=1S/C25H25NO7/c1-15-8-16(2)10-20(9-15)31-14-23(27)32-18-6-5-17-11-21(25(29)33-22(17)12-18)24(28)26-13-19-4-3-7-30-19/h5-6,8-12,19H,3-4,7,13-14H2,1-2H3,(H,26,28). The molecule has 1 atom stereocenters. The number of fused-ring (bicyclic) bond motifs is 1. The van der Waals surface area contributed by atoms with Gasteiger partial charge in [-0.25, -0.2) is 9.59 Å². The van der Waals surface area contributed by atoms with Gasteiger partial charge in [-0.05, 0) is 68.1 Å². The summed E-state index contributed by atoms with van der Waals surface area (Å²) in [6.45, 7) is 4.65. The third-order valence-electron chi connectivity index (χ3n) is 5.25. The van der Waals surface area contributed by atoms with Gasteiger partial charge in [0, 0.05) is 24.6 Å². The molecular weight excluding hydrogens is 426 g/mol. The number of amides is 1. The second-order valence-corrected chi connectivity index (χ2v) is 8.08. The van der Waals surface area contributed by atoms with Crippen molar-refractivity contribution in [2.75, 3.05) is 19.8 Å². The molecule has 2 heterocycles. The molecule has 3 aromatic rings. The van der Waals surface area contributed by atoms with Crippen LogP contribution in [0.4, 0.5) is 0 Å². The van der Waals surface area contributed by atoms with Gasteiger partial charge >= 0.3 is 11.6 Å². The Morgan fingerprint density at radius 2 is 1.85 bits per heavy atom. The molecule has 1 amide bonds. The Morgan fingerprint density at radius 3 is 2.58 bits per heavy atom. The van der Waals surface area contributed by atoms with Crippen LogP contribution in [0.25, 0.3) is 11.0 Å². The molecule has 0 spiro atoms. The molecule has 172 valence electrons. The lowest BCUT2D eigenvalue weighted by atomic mass is 10.1. The van der Waals surface area contributed by atoms with Crippen LogP contribution in [0.3, 0.4) is 0 Å². The number of carbonyl (C=O) groups excluding carboxylic acids is 2. The number of carbonyl (C=O) groups is 2. The summed E-state index contributed by atoms with van der Waals surface area (Å²) in [7, 11) is 0. The molecule has 8 heteroatoms. The molecule has 0 saturated carbocycles. The van der Waals surface area contributed by atoms with Crippen LogP contribution < -0.4 is 20.4 Å². The van der Waals surface area contributed by atoms with Crippen molar-refractivity contribution < 1.29 is 28.2 Å². The second kappa shape index (κ2) is 9.87. The van der Waals surface area contributed by atoms with Gasteiger partial charge in [-0.2, -0.15) is 0 Å². The Bertz CT molecular complexity index is 1220. The van der Waals surface area contributed by atoms with Crippen LogP contribution in [-0.2, 0) is 9.53 Å². The van der Waals surface area contributed by atoms with Crippen molar-refractivity contribution >= 4 is 22.8 Å². The van der Waals surface area contributed by atoms with Crippen LogP contribution in [0.1, 0.15) is 34.3 Å². The van der Waals surface area contributed by atoms with Gasteiger partial charge in [0.2, 0.25) is 0 Å². The summed E-state index contributed by atoms with van der Waals surface area (Å²) in [5, 5.41) is 3.24. The van der Waals surface area contributed by atoms with E-state index in [4.69, 9.17) is 18.6 Å². The van der Waals surface area contributed by atoms with Crippen LogP contribution >= 0.6 is 0 Å². The van der Waals surface area contributed by atoms with Crippen molar-refractivity contribution in [3.8, 4) is 11.5 Å². The summed E-state index contributed by atoms with van der Waals surface area (Å²) in [5.41, 5.74) is 1.41. The second-order valence-electron chi connectivity index (χ2n) is 8.08. The molecule has 4 rings (SSSR count). The minimum Gasteiger partial charge on any atom is -0.482 e. The van der Waals surface area contributed by atoms with Crippen LogP contribution in [0.2, 0.25) is 0 Å². The zero-order chi connectivity index (χ0) is 23.4. The van der Waals surface area contributed by atoms with Gasteiger partial charge in [-0.1, -0.05) is 6.07 Å². The number of ether oxygens (including phenoxy) is 3. The first-order valence-electron chi connectivity index (χ1n) is 10.8. The highest BCUT2D eigenvalue weighted by Gasteiger charge is 2.19. The molecule has 8 nitrogen and oxygen atoms in total. The molecule has 1 aromatic heterocycles. The van der Waals surface area contributed by atoms with Crippen LogP contribution in [-0.4, -0.2) is 37.7 Å². The molecule has 1 unspecified atom stereocenters. The van der Waals surface area contributed by atoms with Crippen molar-refractivity contribution in [2.24, 2.45) is 0 Å². The summed E-state index contributed by atoms with van der Waals surface area (Å²) in [5.74, 6) is -0.323. The fourth-order valence-electron chi connectivity index (χ4n) is 3.74. The number of hydrogen-bond donors (Lipinski definition) is 1. The van der Waals surface area contributed by atoms with Crippen molar-refractivity contribution in [1.29, 1.82) is 0 Å². The molecule has 0 radical (unpaired) electrons. The van der Waals surface area contributed by atoms with Gasteiger partial charge in [0.1, 0.15) is 22.6 Å². The highest BCUT2D eigenvalue weighted by molar-refractivity contribution is 5.96. The van der Waals surface area contributed by atoms with E-state index in [9.17, 15) is 14.4 Å². The first kappa shape index (κ1) is 22.5. The summed E-state index contributed by atoms with van der Waals surface area (Å²) in [6.07, 6.45) is 1.81. The third-order valence-corrected chi connectivity index (χ3v) is 5.25.